The fraction of sp³-hybridized carbons (Fsp3) is 0.435. The molecule has 0 heterocycles. The zero-order valence-electron chi connectivity index (χ0n) is 15.7. The summed E-state index contributed by atoms with van der Waals surface area (Å²) in [7, 11) is 0. The predicted molar refractivity (Wildman–Crippen MR) is 107 cm³/mol. The molecular weight excluding hydrogens is 306 g/mol. The quantitative estimate of drug-likeness (QED) is 0.474. The highest BCUT2D eigenvalue weighted by atomic mass is 16.2. The zero-order valence-corrected chi connectivity index (χ0v) is 15.7. The molecule has 1 amide bonds. The van der Waals surface area contributed by atoms with Gasteiger partial charge in [-0.3, -0.25) is 4.79 Å². The fourth-order valence-corrected chi connectivity index (χ4v) is 3.04. The van der Waals surface area contributed by atoms with Crippen LogP contribution >= 0.6 is 0 Å². The van der Waals surface area contributed by atoms with Crippen molar-refractivity contribution in [2.45, 2.75) is 52.4 Å². The smallest absolute Gasteiger partial charge is 0.253 e. The van der Waals surface area contributed by atoms with Crippen LogP contribution in [0.25, 0.3) is 11.1 Å². The van der Waals surface area contributed by atoms with E-state index in [2.05, 4.69) is 38.1 Å². The van der Waals surface area contributed by atoms with Crippen molar-refractivity contribution in [3.63, 3.8) is 0 Å². The Bertz CT molecular complexity index is 608. The van der Waals surface area contributed by atoms with E-state index < -0.39 is 0 Å². The minimum atomic E-state index is 0.173. The second-order valence-corrected chi connectivity index (χ2v) is 6.65. The Hall–Kier alpha value is -2.09. The van der Waals surface area contributed by atoms with E-state index in [4.69, 9.17) is 0 Å². The highest BCUT2D eigenvalue weighted by Crippen LogP contribution is 2.20. The molecule has 0 aromatic heterocycles. The molecule has 2 aromatic rings. The molecule has 134 valence electrons. The largest absolute Gasteiger partial charge is 0.339 e. The van der Waals surface area contributed by atoms with Crippen LogP contribution in [-0.4, -0.2) is 23.9 Å². The van der Waals surface area contributed by atoms with Crippen LogP contribution in [-0.2, 0) is 0 Å². The van der Waals surface area contributed by atoms with Crippen molar-refractivity contribution in [1.29, 1.82) is 0 Å². The van der Waals surface area contributed by atoms with Gasteiger partial charge in [0.2, 0.25) is 0 Å². The van der Waals surface area contributed by atoms with Crippen LogP contribution in [0.2, 0.25) is 0 Å². The molecule has 0 saturated carbocycles. The van der Waals surface area contributed by atoms with Crippen LogP contribution in [0.4, 0.5) is 0 Å². The molecule has 0 aliphatic rings. The van der Waals surface area contributed by atoms with Gasteiger partial charge >= 0.3 is 0 Å². The summed E-state index contributed by atoms with van der Waals surface area (Å²) in [6.07, 6.45) is 6.92. The first-order valence-electron chi connectivity index (χ1n) is 9.71. The van der Waals surface area contributed by atoms with Gasteiger partial charge in [-0.2, -0.15) is 0 Å². The summed E-state index contributed by atoms with van der Waals surface area (Å²) in [5, 5.41) is 0. The second kappa shape index (κ2) is 10.7. The Morgan fingerprint density at radius 3 is 1.76 bits per heavy atom. The van der Waals surface area contributed by atoms with E-state index in [9.17, 15) is 4.79 Å². The Morgan fingerprint density at radius 1 is 0.720 bits per heavy atom. The lowest BCUT2D eigenvalue weighted by molar-refractivity contribution is 0.0749. The first kappa shape index (κ1) is 19.2. The van der Waals surface area contributed by atoms with E-state index in [0.29, 0.717) is 0 Å². The molecule has 0 aliphatic carbocycles. The Balaban J connectivity index is 2.05. The number of amides is 1. The molecule has 0 saturated heterocycles. The van der Waals surface area contributed by atoms with E-state index in [0.717, 1.165) is 37.1 Å². The predicted octanol–water partition coefficient (Wildman–Crippen LogP) is 6.18. The van der Waals surface area contributed by atoms with E-state index in [1.165, 1.54) is 31.2 Å². The maximum absolute atomic E-state index is 12.9. The highest BCUT2D eigenvalue weighted by molar-refractivity contribution is 5.94. The van der Waals surface area contributed by atoms with Gasteiger partial charge in [-0.1, -0.05) is 82.0 Å². The minimum absolute atomic E-state index is 0.173. The van der Waals surface area contributed by atoms with Gasteiger partial charge in [0.1, 0.15) is 0 Å². The number of hydrogen-bond acceptors (Lipinski definition) is 1. The Labute approximate surface area is 152 Å². The van der Waals surface area contributed by atoms with Gasteiger partial charge in [-0.05, 0) is 36.1 Å². The molecule has 0 bridgehead atoms. The monoisotopic (exact) mass is 337 g/mol. The zero-order chi connectivity index (χ0) is 17.9. The molecule has 2 nitrogen and oxygen atoms in total. The summed E-state index contributed by atoms with van der Waals surface area (Å²) in [5.74, 6) is 0.173. The normalized spacial score (nSPS) is 10.6. The lowest BCUT2D eigenvalue weighted by Crippen LogP contribution is -2.33. The van der Waals surface area contributed by atoms with Crippen molar-refractivity contribution >= 4 is 5.91 Å². The summed E-state index contributed by atoms with van der Waals surface area (Å²) >= 11 is 0. The van der Waals surface area contributed by atoms with Crippen LogP contribution in [0.15, 0.2) is 54.6 Å². The van der Waals surface area contributed by atoms with Gasteiger partial charge in [-0.15, -0.1) is 0 Å². The van der Waals surface area contributed by atoms with E-state index in [1.54, 1.807) is 0 Å². The second-order valence-electron chi connectivity index (χ2n) is 6.65. The first-order valence-corrected chi connectivity index (χ1v) is 9.71. The molecule has 2 heteroatoms. The number of unbranched alkanes of at least 4 members (excludes halogenated alkanes) is 4. The third-order valence-corrected chi connectivity index (χ3v) is 4.59. The molecule has 0 spiro atoms. The number of nitrogens with zero attached hydrogens (tertiary/aromatic N) is 1. The topological polar surface area (TPSA) is 20.3 Å². The molecular formula is C23H31NO. The summed E-state index contributed by atoms with van der Waals surface area (Å²) < 4.78 is 0. The van der Waals surface area contributed by atoms with Crippen LogP contribution in [0, 0.1) is 0 Å². The van der Waals surface area contributed by atoms with Gasteiger partial charge in [0.25, 0.3) is 5.91 Å². The average Bonchev–Trinajstić information content (AvgIpc) is 2.67. The van der Waals surface area contributed by atoms with Crippen molar-refractivity contribution in [1.82, 2.24) is 4.90 Å². The van der Waals surface area contributed by atoms with Gasteiger partial charge in [-0.25, -0.2) is 0 Å². The van der Waals surface area contributed by atoms with Crippen molar-refractivity contribution in [2.75, 3.05) is 13.1 Å². The number of rotatable bonds is 10. The van der Waals surface area contributed by atoms with Gasteiger partial charge < -0.3 is 4.90 Å². The van der Waals surface area contributed by atoms with E-state index in [-0.39, 0.29) is 5.91 Å². The van der Waals surface area contributed by atoms with Crippen molar-refractivity contribution in [3.8, 4) is 11.1 Å². The minimum Gasteiger partial charge on any atom is -0.339 e. The standard InChI is InChI=1S/C23H31NO/c1-3-5-10-18-24(19-11-6-4-2)23(25)22-16-14-21(15-17-22)20-12-8-7-9-13-20/h7-9,12-17H,3-6,10-11,18-19H2,1-2H3. The van der Waals surface area contributed by atoms with Crippen molar-refractivity contribution < 1.29 is 4.79 Å². The van der Waals surface area contributed by atoms with Crippen molar-refractivity contribution in [2.24, 2.45) is 0 Å². The van der Waals surface area contributed by atoms with Gasteiger partial charge in [0.05, 0.1) is 0 Å². The number of carbonyl (C=O) groups excluding carboxylic acids is 1. The van der Waals surface area contributed by atoms with Gasteiger partial charge in [0.15, 0.2) is 0 Å². The summed E-state index contributed by atoms with van der Waals surface area (Å²) in [6.45, 7) is 6.14. The SMILES string of the molecule is CCCCCN(CCCCC)C(=O)c1ccc(-c2ccccc2)cc1. The molecule has 2 rings (SSSR count). The molecule has 2 aromatic carbocycles. The number of hydrogen-bond donors (Lipinski definition) is 0. The molecule has 0 N–H and O–H groups in total. The Kier molecular flexibility index (Phi) is 8.24. The van der Waals surface area contributed by atoms with Gasteiger partial charge in [0, 0.05) is 18.7 Å². The van der Waals surface area contributed by atoms with Crippen LogP contribution in [0.3, 0.4) is 0 Å². The average molecular weight is 338 g/mol. The van der Waals surface area contributed by atoms with Crippen molar-refractivity contribution in [3.05, 3.63) is 60.2 Å². The first-order chi connectivity index (χ1) is 12.3. The van der Waals surface area contributed by atoms with Crippen LogP contribution in [0.1, 0.15) is 62.7 Å². The maximum Gasteiger partial charge on any atom is 0.253 e. The lowest BCUT2D eigenvalue weighted by Gasteiger charge is -2.23. The summed E-state index contributed by atoms with van der Waals surface area (Å²) in [5.41, 5.74) is 3.14. The number of benzene rings is 2. The molecule has 0 fully saturated rings. The van der Waals surface area contributed by atoms with Crippen LogP contribution < -0.4 is 0 Å². The molecule has 25 heavy (non-hydrogen) atoms. The highest BCUT2D eigenvalue weighted by Gasteiger charge is 2.15. The summed E-state index contributed by atoms with van der Waals surface area (Å²) in [4.78, 5) is 15.0. The summed E-state index contributed by atoms with van der Waals surface area (Å²) in [6, 6.07) is 18.3. The van der Waals surface area contributed by atoms with Crippen LogP contribution in [0.5, 0.6) is 0 Å². The molecule has 0 aliphatic heterocycles. The van der Waals surface area contributed by atoms with E-state index >= 15 is 0 Å². The fourth-order valence-electron chi connectivity index (χ4n) is 3.04. The third kappa shape index (κ3) is 6.04. The Morgan fingerprint density at radius 2 is 1.24 bits per heavy atom. The van der Waals surface area contributed by atoms with E-state index in [1.807, 2.05) is 35.2 Å². The number of carbonyl (C=O) groups is 1. The molecule has 0 radical (unpaired) electrons. The molecule has 0 atom stereocenters. The lowest BCUT2D eigenvalue weighted by atomic mass is 10.0. The third-order valence-electron chi connectivity index (χ3n) is 4.59. The molecule has 0 unspecified atom stereocenters. The maximum atomic E-state index is 12.9.